The van der Waals surface area contributed by atoms with Crippen LogP contribution in [0, 0.1) is 5.41 Å². The smallest absolute Gasteiger partial charge is 0.267 e. The monoisotopic (exact) mass is 387 g/mol. The summed E-state index contributed by atoms with van der Waals surface area (Å²) in [6.45, 7) is 4.03. The van der Waals surface area contributed by atoms with Crippen LogP contribution >= 0.6 is 0 Å². The van der Waals surface area contributed by atoms with Gasteiger partial charge in [0.05, 0.1) is 17.5 Å². The van der Waals surface area contributed by atoms with E-state index in [1.54, 1.807) is 29.0 Å². The second-order valence-corrected chi connectivity index (χ2v) is 7.19. The maximum atomic E-state index is 13.1. The van der Waals surface area contributed by atoms with Gasteiger partial charge in [0.15, 0.2) is 0 Å². The fourth-order valence-electron chi connectivity index (χ4n) is 3.32. The van der Waals surface area contributed by atoms with E-state index in [-0.39, 0.29) is 28.6 Å². The lowest BCUT2D eigenvalue weighted by Crippen LogP contribution is -2.37. The number of aromatic nitrogens is 3. The molecule has 4 aromatic rings. The third kappa shape index (κ3) is 3.42. The SMILES string of the molecule is CC(C)NC(=O)c1cc2c(=O)n3ccccc3nc2n(Cc2ccccc2)c1=N. The summed E-state index contributed by atoms with van der Waals surface area (Å²) in [4.78, 5) is 30.5. The molecule has 0 saturated heterocycles. The number of fused-ring (bicyclic) bond motifs is 2. The van der Waals surface area contributed by atoms with E-state index in [2.05, 4.69) is 10.3 Å². The number of hydrogen-bond acceptors (Lipinski definition) is 4. The maximum Gasteiger partial charge on any atom is 0.267 e. The van der Waals surface area contributed by atoms with Gasteiger partial charge in [0.1, 0.15) is 16.8 Å². The van der Waals surface area contributed by atoms with Crippen molar-refractivity contribution in [2.24, 2.45) is 0 Å². The third-order valence-electron chi connectivity index (χ3n) is 4.67. The zero-order chi connectivity index (χ0) is 20.5. The molecule has 0 aliphatic heterocycles. The molecule has 0 unspecified atom stereocenters. The summed E-state index contributed by atoms with van der Waals surface area (Å²) in [5.41, 5.74) is 1.72. The first-order valence-corrected chi connectivity index (χ1v) is 9.40. The summed E-state index contributed by atoms with van der Waals surface area (Å²) in [6, 6.07) is 16.3. The first-order chi connectivity index (χ1) is 14.0. The van der Waals surface area contributed by atoms with Crippen molar-refractivity contribution in [2.45, 2.75) is 26.4 Å². The highest BCUT2D eigenvalue weighted by Gasteiger charge is 2.18. The molecule has 0 aliphatic rings. The van der Waals surface area contributed by atoms with E-state index < -0.39 is 0 Å². The van der Waals surface area contributed by atoms with Crippen LogP contribution in [0.3, 0.4) is 0 Å². The van der Waals surface area contributed by atoms with Crippen molar-refractivity contribution in [3.63, 3.8) is 0 Å². The first kappa shape index (κ1) is 18.6. The van der Waals surface area contributed by atoms with Gasteiger partial charge in [-0.15, -0.1) is 0 Å². The molecule has 0 radical (unpaired) electrons. The number of benzene rings is 1. The van der Waals surface area contributed by atoms with E-state index in [9.17, 15) is 9.59 Å². The molecule has 2 N–H and O–H groups in total. The van der Waals surface area contributed by atoms with Crippen LogP contribution in [0.15, 0.2) is 65.6 Å². The van der Waals surface area contributed by atoms with E-state index >= 15 is 0 Å². The highest BCUT2D eigenvalue weighted by molar-refractivity contribution is 5.97. The molecule has 0 atom stereocenters. The minimum Gasteiger partial charge on any atom is -0.350 e. The van der Waals surface area contributed by atoms with Crippen LogP contribution in [0.2, 0.25) is 0 Å². The predicted molar refractivity (Wildman–Crippen MR) is 111 cm³/mol. The quantitative estimate of drug-likeness (QED) is 0.527. The Morgan fingerprint density at radius 1 is 1.14 bits per heavy atom. The number of carbonyl (C=O) groups is 1. The second-order valence-electron chi connectivity index (χ2n) is 7.19. The summed E-state index contributed by atoms with van der Waals surface area (Å²) < 4.78 is 3.07. The molecular weight excluding hydrogens is 366 g/mol. The van der Waals surface area contributed by atoms with Crippen LogP contribution in [0.25, 0.3) is 16.7 Å². The van der Waals surface area contributed by atoms with Gasteiger partial charge in [-0.2, -0.15) is 0 Å². The predicted octanol–water partition coefficient (Wildman–Crippen LogP) is 2.32. The van der Waals surface area contributed by atoms with Crippen LogP contribution < -0.4 is 16.4 Å². The van der Waals surface area contributed by atoms with Gasteiger partial charge in [0.2, 0.25) is 0 Å². The second kappa shape index (κ2) is 7.35. The zero-order valence-corrected chi connectivity index (χ0v) is 16.2. The number of hydrogen-bond donors (Lipinski definition) is 2. The number of nitrogens with one attached hydrogen (secondary N) is 2. The lowest BCUT2D eigenvalue weighted by Gasteiger charge is -2.15. The molecule has 4 rings (SSSR count). The van der Waals surface area contributed by atoms with E-state index in [0.29, 0.717) is 23.2 Å². The summed E-state index contributed by atoms with van der Waals surface area (Å²) in [6.07, 6.45) is 1.65. The van der Waals surface area contributed by atoms with Crippen LogP contribution in [-0.2, 0) is 6.54 Å². The van der Waals surface area contributed by atoms with Gasteiger partial charge in [0, 0.05) is 12.2 Å². The van der Waals surface area contributed by atoms with Crippen molar-refractivity contribution < 1.29 is 4.79 Å². The Hall–Kier alpha value is -3.74. The number of nitrogens with zero attached hydrogens (tertiary/aromatic N) is 3. The Labute approximate surface area is 166 Å². The average molecular weight is 387 g/mol. The Morgan fingerprint density at radius 3 is 2.59 bits per heavy atom. The standard InChI is InChI=1S/C22H21N5O2/c1-14(2)24-21(28)16-12-17-20(25-18-10-6-7-11-26(18)22(17)29)27(19(16)23)13-15-8-4-3-5-9-15/h3-12,14,23H,13H2,1-2H3,(H,24,28). The molecule has 3 aromatic heterocycles. The largest absolute Gasteiger partial charge is 0.350 e. The molecule has 29 heavy (non-hydrogen) atoms. The van der Waals surface area contributed by atoms with E-state index in [0.717, 1.165) is 5.56 Å². The molecule has 0 fully saturated rings. The van der Waals surface area contributed by atoms with Gasteiger partial charge < -0.3 is 9.88 Å². The fourth-order valence-corrected chi connectivity index (χ4v) is 3.32. The summed E-state index contributed by atoms with van der Waals surface area (Å²) >= 11 is 0. The third-order valence-corrected chi connectivity index (χ3v) is 4.67. The highest BCUT2D eigenvalue weighted by atomic mass is 16.1. The molecule has 0 aliphatic carbocycles. The molecule has 7 heteroatoms. The Balaban J connectivity index is 2.05. The average Bonchev–Trinajstić information content (AvgIpc) is 2.70. The van der Waals surface area contributed by atoms with E-state index in [1.165, 1.54) is 10.5 Å². The van der Waals surface area contributed by atoms with Gasteiger partial charge in [0.25, 0.3) is 11.5 Å². The highest BCUT2D eigenvalue weighted by Crippen LogP contribution is 2.12. The maximum absolute atomic E-state index is 13.1. The van der Waals surface area contributed by atoms with E-state index in [4.69, 9.17) is 5.41 Å². The molecule has 1 aromatic carbocycles. The van der Waals surface area contributed by atoms with Crippen molar-refractivity contribution in [1.82, 2.24) is 19.3 Å². The van der Waals surface area contributed by atoms with Crippen LogP contribution in [0.1, 0.15) is 29.8 Å². The topological polar surface area (TPSA) is 92.2 Å². The first-order valence-electron chi connectivity index (χ1n) is 9.40. The molecule has 0 bridgehead atoms. The van der Waals surface area contributed by atoms with Crippen molar-refractivity contribution in [2.75, 3.05) is 0 Å². The van der Waals surface area contributed by atoms with Crippen molar-refractivity contribution in [3.05, 3.63) is 87.8 Å². The van der Waals surface area contributed by atoms with Crippen LogP contribution in [0.5, 0.6) is 0 Å². The lowest BCUT2D eigenvalue weighted by molar-refractivity contribution is 0.0940. The Bertz CT molecular complexity index is 1340. The Morgan fingerprint density at radius 2 is 1.86 bits per heavy atom. The fraction of sp³-hybridized carbons (Fsp3) is 0.182. The lowest BCUT2D eigenvalue weighted by atomic mass is 10.1. The zero-order valence-electron chi connectivity index (χ0n) is 16.2. The number of amides is 1. The Kier molecular flexibility index (Phi) is 4.72. The molecule has 7 nitrogen and oxygen atoms in total. The molecule has 0 spiro atoms. The van der Waals surface area contributed by atoms with Gasteiger partial charge in [-0.1, -0.05) is 36.4 Å². The van der Waals surface area contributed by atoms with Gasteiger partial charge in [-0.05, 0) is 37.6 Å². The molecule has 1 amide bonds. The normalized spacial score (nSPS) is 11.3. The van der Waals surface area contributed by atoms with Crippen molar-refractivity contribution in [3.8, 4) is 0 Å². The van der Waals surface area contributed by atoms with Crippen molar-refractivity contribution >= 4 is 22.6 Å². The molecular formula is C22H21N5O2. The van der Waals surface area contributed by atoms with Gasteiger partial charge >= 0.3 is 0 Å². The summed E-state index contributed by atoms with van der Waals surface area (Å²) in [5.74, 6) is -0.383. The summed E-state index contributed by atoms with van der Waals surface area (Å²) in [7, 11) is 0. The summed E-state index contributed by atoms with van der Waals surface area (Å²) in [5, 5.41) is 11.8. The van der Waals surface area contributed by atoms with Gasteiger partial charge in [-0.3, -0.25) is 19.4 Å². The molecule has 0 saturated carbocycles. The molecule has 146 valence electrons. The van der Waals surface area contributed by atoms with Crippen LogP contribution in [-0.4, -0.2) is 25.9 Å². The number of carbonyl (C=O) groups excluding carboxylic acids is 1. The minimum atomic E-state index is -0.383. The van der Waals surface area contributed by atoms with Crippen LogP contribution in [0.4, 0.5) is 0 Å². The van der Waals surface area contributed by atoms with Gasteiger partial charge in [-0.25, -0.2) is 4.98 Å². The number of rotatable bonds is 4. The van der Waals surface area contributed by atoms with Crippen molar-refractivity contribution in [1.29, 1.82) is 5.41 Å². The van der Waals surface area contributed by atoms with E-state index in [1.807, 2.05) is 44.2 Å². The minimum absolute atomic E-state index is 0.0201. The molecule has 3 heterocycles. The number of pyridine rings is 2.